The highest BCUT2D eigenvalue weighted by Gasteiger charge is 2.31. The van der Waals surface area contributed by atoms with E-state index in [1.54, 1.807) is 0 Å². The summed E-state index contributed by atoms with van der Waals surface area (Å²) in [6.07, 6.45) is 13.5. The van der Waals surface area contributed by atoms with Crippen molar-refractivity contribution in [1.82, 2.24) is 0 Å². The van der Waals surface area contributed by atoms with Gasteiger partial charge in [-0.3, -0.25) is 14.4 Å². The molecule has 0 unspecified atom stereocenters. The van der Waals surface area contributed by atoms with Crippen LogP contribution in [0.4, 0.5) is 0 Å². The first-order chi connectivity index (χ1) is 18.1. The minimum Gasteiger partial charge on any atom is -0.465 e. The molecule has 0 bridgehead atoms. The number of hydrogen-bond donors (Lipinski definition) is 0. The molecule has 224 valence electrons. The van der Waals surface area contributed by atoms with Crippen molar-refractivity contribution in [3.63, 3.8) is 0 Å². The van der Waals surface area contributed by atoms with Gasteiger partial charge >= 0.3 is 17.9 Å². The summed E-state index contributed by atoms with van der Waals surface area (Å²) in [5, 5.41) is 0. The van der Waals surface area contributed by atoms with Crippen LogP contribution in [0.1, 0.15) is 138 Å². The van der Waals surface area contributed by atoms with Gasteiger partial charge < -0.3 is 18.9 Å². The molecule has 7 heteroatoms. The summed E-state index contributed by atoms with van der Waals surface area (Å²) < 4.78 is 22.6. The summed E-state index contributed by atoms with van der Waals surface area (Å²) in [5.41, 5.74) is -1.03. The summed E-state index contributed by atoms with van der Waals surface area (Å²) in [5.74, 6) is -0.635. The van der Waals surface area contributed by atoms with Gasteiger partial charge in [-0.1, -0.05) is 99.3 Å². The van der Waals surface area contributed by atoms with Crippen LogP contribution in [0, 0.1) is 10.8 Å². The zero-order chi connectivity index (χ0) is 28.7. The van der Waals surface area contributed by atoms with Gasteiger partial charge in [-0.2, -0.15) is 0 Å². The Morgan fingerprint density at radius 2 is 0.842 bits per heavy atom. The van der Waals surface area contributed by atoms with Gasteiger partial charge in [0.05, 0.1) is 25.2 Å². The van der Waals surface area contributed by atoms with Gasteiger partial charge in [0.25, 0.3) is 0 Å². The maximum atomic E-state index is 12.3. The molecule has 0 radical (unpaired) electrons. The van der Waals surface area contributed by atoms with Crippen molar-refractivity contribution in [2.45, 2.75) is 138 Å². The maximum Gasteiger partial charge on any atom is 0.305 e. The second kappa shape index (κ2) is 22.2. The van der Waals surface area contributed by atoms with Crippen LogP contribution in [0.15, 0.2) is 0 Å². The maximum absolute atomic E-state index is 12.3. The summed E-state index contributed by atoms with van der Waals surface area (Å²) in [6.45, 7) is 13.4. The van der Waals surface area contributed by atoms with E-state index in [1.165, 1.54) is 0 Å². The van der Waals surface area contributed by atoms with Gasteiger partial charge in [-0.25, -0.2) is 0 Å². The number of hydrogen-bond acceptors (Lipinski definition) is 7. The second-order valence-electron chi connectivity index (χ2n) is 11.9. The van der Waals surface area contributed by atoms with Crippen molar-refractivity contribution in [3.05, 3.63) is 0 Å². The SMILES string of the molecule is CCCCCCC(=O)OCC(C)(C)COCC(C)(COC(=O)CCCCCC)COC(=O)CCCCCC. The van der Waals surface area contributed by atoms with Gasteiger partial charge in [-0.15, -0.1) is 0 Å². The lowest BCUT2D eigenvalue weighted by atomic mass is 9.93. The van der Waals surface area contributed by atoms with E-state index in [4.69, 9.17) is 18.9 Å². The Bertz CT molecular complexity index is 602. The number of esters is 3. The molecule has 0 N–H and O–H groups in total. The van der Waals surface area contributed by atoms with Crippen molar-refractivity contribution < 1.29 is 33.3 Å². The first-order valence-corrected chi connectivity index (χ1v) is 15.1. The van der Waals surface area contributed by atoms with Gasteiger partial charge in [0.1, 0.15) is 13.2 Å². The van der Waals surface area contributed by atoms with Crippen LogP contribution < -0.4 is 0 Å². The molecule has 0 spiro atoms. The molecule has 0 amide bonds. The standard InChI is InChI=1S/C31H58O7/c1-7-10-13-16-19-27(32)36-23-30(4,5)22-35-24-31(6,25-37-28(33)20-17-14-11-8-2)26-38-29(34)21-18-15-12-9-3/h7-26H2,1-6H3. The van der Waals surface area contributed by atoms with Crippen LogP contribution >= 0.6 is 0 Å². The molecule has 0 aliphatic heterocycles. The Balaban J connectivity index is 4.73. The number of carbonyl (C=O) groups excluding carboxylic acids is 3. The Kier molecular flexibility index (Phi) is 21.3. The predicted molar refractivity (Wildman–Crippen MR) is 152 cm³/mol. The van der Waals surface area contributed by atoms with E-state index in [2.05, 4.69) is 20.8 Å². The van der Waals surface area contributed by atoms with E-state index in [9.17, 15) is 14.4 Å². The lowest BCUT2D eigenvalue weighted by molar-refractivity contribution is -0.157. The van der Waals surface area contributed by atoms with Crippen molar-refractivity contribution in [3.8, 4) is 0 Å². The van der Waals surface area contributed by atoms with Gasteiger partial charge in [-0.05, 0) is 19.3 Å². The van der Waals surface area contributed by atoms with Crippen molar-refractivity contribution in [1.29, 1.82) is 0 Å². The number of ether oxygens (including phenoxy) is 4. The summed E-state index contributed by atoms with van der Waals surface area (Å²) >= 11 is 0. The molecule has 0 aromatic rings. The molecule has 0 fully saturated rings. The summed E-state index contributed by atoms with van der Waals surface area (Å²) in [6, 6.07) is 0. The Labute approximate surface area is 233 Å². The van der Waals surface area contributed by atoms with E-state index in [0.29, 0.717) is 25.9 Å². The fraction of sp³-hybridized carbons (Fsp3) is 0.903. The normalized spacial score (nSPS) is 11.8. The Morgan fingerprint density at radius 1 is 0.474 bits per heavy atom. The van der Waals surface area contributed by atoms with Crippen molar-refractivity contribution in [2.75, 3.05) is 33.0 Å². The van der Waals surface area contributed by atoms with Crippen molar-refractivity contribution >= 4 is 17.9 Å². The average molecular weight is 543 g/mol. The molecule has 7 nitrogen and oxygen atoms in total. The molecule has 0 aromatic heterocycles. The highest BCUT2D eigenvalue weighted by atomic mass is 16.6. The van der Waals surface area contributed by atoms with E-state index in [-0.39, 0.29) is 49.8 Å². The highest BCUT2D eigenvalue weighted by Crippen LogP contribution is 2.23. The molecule has 38 heavy (non-hydrogen) atoms. The molecule has 0 rings (SSSR count). The van der Waals surface area contributed by atoms with Gasteiger partial charge in [0, 0.05) is 24.7 Å². The lowest BCUT2D eigenvalue weighted by Gasteiger charge is -2.31. The average Bonchev–Trinajstić information content (AvgIpc) is 2.88. The van der Waals surface area contributed by atoms with Crippen LogP contribution in [-0.4, -0.2) is 50.9 Å². The largest absolute Gasteiger partial charge is 0.465 e. The molecular weight excluding hydrogens is 484 g/mol. The number of carbonyl (C=O) groups is 3. The quantitative estimate of drug-likeness (QED) is 0.0667. The smallest absolute Gasteiger partial charge is 0.305 e. The minimum absolute atomic E-state index is 0.121. The molecule has 0 atom stereocenters. The number of unbranched alkanes of at least 4 members (excludes halogenated alkanes) is 9. The first kappa shape index (κ1) is 36.4. The van der Waals surface area contributed by atoms with E-state index in [0.717, 1.165) is 77.0 Å². The molecule has 0 aromatic carbocycles. The summed E-state index contributed by atoms with van der Waals surface area (Å²) in [4.78, 5) is 36.6. The van der Waals surface area contributed by atoms with Crippen LogP contribution in [-0.2, 0) is 33.3 Å². The summed E-state index contributed by atoms with van der Waals surface area (Å²) in [7, 11) is 0. The third-order valence-corrected chi connectivity index (χ3v) is 6.43. The lowest BCUT2D eigenvalue weighted by Crippen LogP contribution is -2.38. The Hall–Kier alpha value is -1.63. The predicted octanol–water partition coefficient (Wildman–Crippen LogP) is 7.58. The molecule has 0 aliphatic rings. The third-order valence-electron chi connectivity index (χ3n) is 6.43. The fourth-order valence-corrected chi connectivity index (χ4v) is 3.83. The molecule has 0 saturated heterocycles. The van der Waals surface area contributed by atoms with Gasteiger partial charge in [0.2, 0.25) is 0 Å². The monoisotopic (exact) mass is 542 g/mol. The van der Waals surface area contributed by atoms with Crippen LogP contribution in [0.25, 0.3) is 0 Å². The van der Waals surface area contributed by atoms with Gasteiger partial charge in [0.15, 0.2) is 0 Å². The second-order valence-corrected chi connectivity index (χ2v) is 11.9. The molecule has 0 aliphatic carbocycles. The Morgan fingerprint density at radius 3 is 1.21 bits per heavy atom. The zero-order valence-corrected chi connectivity index (χ0v) is 25.5. The van der Waals surface area contributed by atoms with Crippen molar-refractivity contribution in [2.24, 2.45) is 10.8 Å². The first-order valence-electron chi connectivity index (χ1n) is 15.1. The highest BCUT2D eigenvalue weighted by molar-refractivity contribution is 5.70. The third kappa shape index (κ3) is 21.3. The van der Waals surface area contributed by atoms with E-state index in [1.807, 2.05) is 20.8 Å². The topological polar surface area (TPSA) is 88.1 Å². The fourth-order valence-electron chi connectivity index (χ4n) is 3.83. The van der Waals surface area contributed by atoms with E-state index >= 15 is 0 Å². The molecule has 0 saturated carbocycles. The van der Waals surface area contributed by atoms with Crippen LogP contribution in [0.5, 0.6) is 0 Å². The molecule has 0 heterocycles. The minimum atomic E-state index is -0.663. The number of rotatable bonds is 25. The van der Waals surface area contributed by atoms with E-state index < -0.39 is 5.41 Å². The van der Waals surface area contributed by atoms with Crippen LogP contribution in [0.2, 0.25) is 0 Å². The zero-order valence-electron chi connectivity index (χ0n) is 25.5. The van der Waals surface area contributed by atoms with Crippen LogP contribution in [0.3, 0.4) is 0 Å². The molecular formula is C31H58O7.